The summed E-state index contributed by atoms with van der Waals surface area (Å²) in [7, 11) is 0. The molecule has 0 fully saturated rings. The Kier molecular flexibility index (Phi) is 3.69. The molecule has 0 aliphatic carbocycles. The predicted octanol–water partition coefficient (Wildman–Crippen LogP) is 3.98. The van der Waals surface area contributed by atoms with Gasteiger partial charge in [0.15, 0.2) is 0 Å². The average molecular weight is 302 g/mol. The van der Waals surface area contributed by atoms with E-state index in [2.05, 4.69) is 0 Å². The monoisotopic (exact) mass is 302 g/mol. The van der Waals surface area contributed by atoms with Crippen LogP contribution in [0.1, 0.15) is 0 Å². The largest absolute Gasteiger partial charge is 0.460 e. The fourth-order valence-corrected chi connectivity index (χ4v) is 0.704. The highest BCUT2D eigenvalue weighted by atomic mass is 32.1. The van der Waals surface area contributed by atoms with Crippen LogP contribution in [0.3, 0.4) is 0 Å². The van der Waals surface area contributed by atoms with Crippen molar-refractivity contribution >= 4 is 12.6 Å². The second kappa shape index (κ2) is 3.79. The van der Waals surface area contributed by atoms with Crippen LogP contribution in [0.5, 0.6) is 0 Å². The first-order valence-corrected chi connectivity index (χ1v) is 3.75. The van der Waals surface area contributed by atoms with E-state index >= 15 is 0 Å². The summed E-state index contributed by atoms with van der Waals surface area (Å²) in [4.78, 5) is 0. The van der Waals surface area contributed by atoms with E-state index in [1.807, 2.05) is 0 Å². The summed E-state index contributed by atoms with van der Waals surface area (Å²) < 4.78 is 131. The minimum Gasteiger partial charge on any atom is -0.192 e. The highest BCUT2D eigenvalue weighted by molar-refractivity contribution is 7.81. The van der Waals surface area contributed by atoms with Crippen molar-refractivity contribution in [2.24, 2.45) is 0 Å². The third-order valence-electron chi connectivity index (χ3n) is 1.52. The minimum atomic E-state index is -7.36. The fourth-order valence-electron chi connectivity index (χ4n) is 0.564. The lowest BCUT2D eigenvalue weighted by molar-refractivity contribution is -0.412. The van der Waals surface area contributed by atoms with Crippen molar-refractivity contribution in [2.75, 3.05) is 0 Å². The fraction of sp³-hybridized carbons (Fsp3) is 1.00. The maximum Gasteiger partial charge on any atom is 0.460 e. The molecule has 0 unspecified atom stereocenters. The third kappa shape index (κ3) is 2.27. The standard InChI is InChI=1S/C5HF11S/c6-1(7,2(8,9)4(12,13)14)3(10,11)5(15,16)17/h17H. The molecule has 0 aliphatic rings. The van der Waals surface area contributed by atoms with Crippen LogP contribution in [0.2, 0.25) is 0 Å². The Morgan fingerprint density at radius 1 is 0.471 bits per heavy atom. The average Bonchev–Trinajstić information content (AvgIpc) is 1.98. The van der Waals surface area contributed by atoms with Crippen molar-refractivity contribution in [3.8, 4) is 0 Å². The maximum absolute atomic E-state index is 12.2. The Bertz CT molecular complexity index is 255. The lowest BCUT2D eigenvalue weighted by Crippen LogP contribution is -2.65. The molecule has 0 N–H and O–H groups in total. The summed E-state index contributed by atoms with van der Waals surface area (Å²) >= 11 is 1.59. The zero-order valence-electron chi connectivity index (χ0n) is 7.10. The van der Waals surface area contributed by atoms with Crippen LogP contribution in [0.4, 0.5) is 48.3 Å². The Labute approximate surface area is 91.2 Å². The van der Waals surface area contributed by atoms with Gasteiger partial charge in [-0.25, -0.2) is 0 Å². The molecule has 0 saturated carbocycles. The van der Waals surface area contributed by atoms with Gasteiger partial charge in [-0.1, -0.05) is 12.6 Å². The molecule has 0 aliphatic heterocycles. The Morgan fingerprint density at radius 3 is 0.941 bits per heavy atom. The van der Waals surface area contributed by atoms with Gasteiger partial charge in [0.1, 0.15) is 0 Å². The molecular formula is C5HF11S. The summed E-state index contributed by atoms with van der Waals surface area (Å²) in [6, 6.07) is 0. The van der Waals surface area contributed by atoms with Crippen LogP contribution in [-0.4, -0.2) is 29.2 Å². The van der Waals surface area contributed by atoms with Crippen LogP contribution >= 0.6 is 12.6 Å². The molecule has 17 heavy (non-hydrogen) atoms. The molecule has 0 radical (unpaired) electrons. The summed E-state index contributed by atoms with van der Waals surface area (Å²) in [5.74, 6) is -21.7. The molecular weight excluding hydrogens is 301 g/mol. The molecule has 0 aromatic carbocycles. The van der Waals surface area contributed by atoms with E-state index in [-0.39, 0.29) is 0 Å². The second-order valence-electron chi connectivity index (χ2n) is 2.76. The smallest absolute Gasteiger partial charge is 0.192 e. The molecule has 0 spiro atoms. The zero-order valence-corrected chi connectivity index (χ0v) is 8.00. The molecule has 0 saturated heterocycles. The number of hydrogen-bond acceptors (Lipinski definition) is 1. The molecule has 0 bridgehead atoms. The van der Waals surface area contributed by atoms with E-state index in [1.54, 1.807) is 12.6 Å². The van der Waals surface area contributed by atoms with E-state index in [0.29, 0.717) is 0 Å². The van der Waals surface area contributed by atoms with E-state index < -0.39 is 29.2 Å². The second-order valence-corrected chi connectivity index (χ2v) is 3.32. The van der Waals surface area contributed by atoms with Gasteiger partial charge < -0.3 is 0 Å². The van der Waals surface area contributed by atoms with Crippen molar-refractivity contribution in [1.29, 1.82) is 0 Å². The van der Waals surface area contributed by atoms with Crippen molar-refractivity contribution in [3.63, 3.8) is 0 Å². The third-order valence-corrected chi connectivity index (χ3v) is 1.80. The van der Waals surface area contributed by atoms with Gasteiger partial charge in [-0.3, -0.25) is 0 Å². The van der Waals surface area contributed by atoms with Crippen LogP contribution < -0.4 is 0 Å². The minimum absolute atomic E-state index is 1.59. The highest BCUT2D eigenvalue weighted by Gasteiger charge is 2.86. The molecule has 104 valence electrons. The van der Waals surface area contributed by atoms with Gasteiger partial charge in [-0.2, -0.15) is 48.3 Å². The van der Waals surface area contributed by atoms with Crippen LogP contribution in [-0.2, 0) is 0 Å². The van der Waals surface area contributed by atoms with Crippen molar-refractivity contribution in [2.45, 2.75) is 29.2 Å². The topological polar surface area (TPSA) is 0 Å². The molecule has 0 amide bonds. The number of alkyl halides is 11. The lowest BCUT2D eigenvalue weighted by Gasteiger charge is -2.35. The van der Waals surface area contributed by atoms with E-state index in [4.69, 9.17) is 0 Å². The molecule has 0 nitrogen and oxygen atoms in total. The molecule has 0 rings (SSSR count). The highest BCUT2D eigenvalue weighted by Crippen LogP contribution is 2.57. The number of thiol groups is 1. The number of rotatable bonds is 3. The van der Waals surface area contributed by atoms with E-state index in [1.165, 1.54) is 0 Å². The van der Waals surface area contributed by atoms with Gasteiger partial charge in [0, 0.05) is 0 Å². The quantitative estimate of drug-likeness (QED) is 0.592. The predicted molar refractivity (Wildman–Crippen MR) is 34.8 cm³/mol. The summed E-state index contributed by atoms with van der Waals surface area (Å²) in [5.41, 5.74) is 0. The van der Waals surface area contributed by atoms with Gasteiger partial charge >= 0.3 is 29.2 Å². The van der Waals surface area contributed by atoms with Gasteiger partial charge in [-0.15, -0.1) is 0 Å². The van der Waals surface area contributed by atoms with Gasteiger partial charge in [0.2, 0.25) is 0 Å². The summed E-state index contributed by atoms with van der Waals surface area (Å²) in [5, 5.41) is -6.06. The van der Waals surface area contributed by atoms with Gasteiger partial charge in [-0.05, 0) is 0 Å². The van der Waals surface area contributed by atoms with Gasteiger partial charge in [0.25, 0.3) is 0 Å². The Hall–Kier alpha value is -0.420. The van der Waals surface area contributed by atoms with Crippen molar-refractivity contribution in [1.82, 2.24) is 0 Å². The number of halogens is 11. The zero-order chi connectivity index (χ0) is 14.5. The summed E-state index contributed by atoms with van der Waals surface area (Å²) in [6.07, 6.45) is -7.13. The molecule has 0 atom stereocenters. The molecule has 0 aromatic rings. The van der Waals surface area contributed by atoms with Crippen LogP contribution in [0.25, 0.3) is 0 Å². The summed E-state index contributed by atoms with van der Waals surface area (Å²) in [6.45, 7) is 0. The first kappa shape index (κ1) is 16.6. The van der Waals surface area contributed by atoms with Gasteiger partial charge in [0.05, 0.1) is 0 Å². The normalized spacial score (nSPS) is 16.2. The lowest BCUT2D eigenvalue weighted by atomic mass is 10.0. The SMILES string of the molecule is FC(F)(F)C(F)(F)C(F)(F)C(F)(F)C(F)(F)S. The Balaban J connectivity index is 5.73. The first-order chi connectivity index (χ1) is 7.00. The Morgan fingerprint density at radius 2 is 0.765 bits per heavy atom. The van der Waals surface area contributed by atoms with Crippen molar-refractivity contribution < 1.29 is 48.3 Å². The maximum atomic E-state index is 12.2. The number of hydrogen-bond donors (Lipinski definition) is 1. The molecule has 0 aromatic heterocycles. The first-order valence-electron chi connectivity index (χ1n) is 3.30. The van der Waals surface area contributed by atoms with Crippen molar-refractivity contribution in [3.05, 3.63) is 0 Å². The van der Waals surface area contributed by atoms with Crippen LogP contribution in [0.15, 0.2) is 0 Å². The van der Waals surface area contributed by atoms with E-state index in [0.717, 1.165) is 0 Å². The molecule has 0 heterocycles. The van der Waals surface area contributed by atoms with Crippen LogP contribution in [0, 0.1) is 0 Å². The van der Waals surface area contributed by atoms with E-state index in [9.17, 15) is 48.3 Å². The molecule has 12 heteroatoms.